The first kappa shape index (κ1) is 17.6. The van der Waals surface area contributed by atoms with E-state index >= 15 is 0 Å². The minimum Gasteiger partial charge on any atom is -0.482 e. The predicted molar refractivity (Wildman–Crippen MR) is 86.8 cm³/mol. The summed E-state index contributed by atoms with van der Waals surface area (Å²) in [6.45, 7) is 1.42. The van der Waals surface area contributed by atoms with Crippen molar-refractivity contribution in [1.29, 1.82) is 0 Å². The molecule has 0 saturated heterocycles. The molecule has 0 aliphatic heterocycles. The molecule has 0 saturated carbocycles. The fourth-order valence-electron chi connectivity index (χ4n) is 1.67. The third-order valence-corrected chi connectivity index (χ3v) is 3.83. The number of hydrogen-bond acceptors (Lipinski definition) is 5. The number of carbonyl (C=O) groups is 1. The van der Waals surface area contributed by atoms with Gasteiger partial charge in [0, 0.05) is 12.1 Å². The Hall–Kier alpha value is -1.76. The first-order valence-electron chi connectivity index (χ1n) is 6.31. The predicted octanol–water partition coefficient (Wildman–Crippen LogP) is 3.03. The Morgan fingerprint density at radius 3 is 2.61 bits per heavy atom. The van der Waals surface area contributed by atoms with Crippen LogP contribution in [-0.4, -0.2) is 22.4 Å². The van der Waals surface area contributed by atoms with Gasteiger partial charge in [0.15, 0.2) is 6.61 Å². The summed E-state index contributed by atoms with van der Waals surface area (Å²) in [5, 5.41) is 3.78. The number of hydrogen-bond donors (Lipinski definition) is 0. The van der Waals surface area contributed by atoms with Gasteiger partial charge in [0.05, 0.1) is 0 Å². The van der Waals surface area contributed by atoms with E-state index < -0.39 is 11.5 Å². The molecule has 0 radical (unpaired) electrons. The topological polar surface area (TPSA) is 70.4 Å². The molecule has 0 aliphatic rings. The van der Waals surface area contributed by atoms with Gasteiger partial charge in [0.1, 0.15) is 15.8 Å². The average Bonchev–Trinajstić information content (AvgIpc) is 2.49. The smallest absolute Gasteiger partial charge is 0.350 e. The Balaban J connectivity index is 2.07. The van der Waals surface area contributed by atoms with Gasteiger partial charge in [0.2, 0.25) is 0 Å². The molecule has 2 rings (SSSR count). The van der Waals surface area contributed by atoms with Gasteiger partial charge in [-0.3, -0.25) is 4.79 Å². The Labute approximate surface area is 146 Å². The maximum atomic E-state index is 11.8. The highest BCUT2D eigenvalue weighted by molar-refractivity contribution is 6.42. The maximum absolute atomic E-state index is 11.8. The van der Waals surface area contributed by atoms with E-state index in [1.807, 2.05) is 0 Å². The highest BCUT2D eigenvalue weighted by Crippen LogP contribution is 2.27. The van der Waals surface area contributed by atoms with Crippen molar-refractivity contribution in [2.75, 3.05) is 6.61 Å². The van der Waals surface area contributed by atoms with Crippen LogP contribution in [-0.2, 0) is 11.8 Å². The molecule has 0 amide bonds. The summed E-state index contributed by atoms with van der Waals surface area (Å²) < 4.78 is 11.2. The molecule has 0 unspecified atom stereocenters. The van der Waals surface area contributed by atoms with Crippen molar-refractivity contribution in [3.05, 3.63) is 49.2 Å². The number of esters is 1. The molecule has 1 aromatic carbocycles. The third kappa shape index (κ3) is 4.16. The molecule has 122 valence electrons. The normalized spacial score (nSPS) is 10.5. The van der Waals surface area contributed by atoms with Crippen LogP contribution in [0.5, 0.6) is 11.6 Å². The van der Waals surface area contributed by atoms with Crippen LogP contribution in [0.25, 0.3) is 0 Å². The molecule has 2 aromatic rings. The highest BCUT2D eigenvalue weighted by atomic mass is 35.5. The molecule has 0 atom stereocenters. The first-order valence-corrected chi connectivity index (χ1v) is 7.45. The fraction of sp³-hybridized carbons (Fsp3) is 0.214. The van der Waals surface area contributed by atoms with Crippen molar-refractivity contribution in [2.24, 2.45) is 7.05 Å². The minimum absolute atomic E-state index is 0.231. The summed E-state index contributed by atoms with van der Waals surface area (Å²) in [7, 11) is 1.36. The van der Waals surface area contributed by atoms with Crippen molar-refractivity contribution < 1.29 is 14.3 Å². The van der Waals surface area contributed by atoms with Crippen molar-refractivity contribution in [3.63, 3.8) is 0 Å². The Bertz CT molecular complexity index is 820. The highest BCUT2D eigenvalue weighted by Gasteiger charge is 2.17. The van der Waals surface area contributed by atoms with Crippen molar-refractivity contribution in [2.45, 2.75) is 6.92 Å². The summed E-state index contributed by atoms with van der Waals surface area (Å²) in [5.74, 6) is -0.521. The van der Waals surface area contributed by atoms with E-state index in [2.05, 4.69) is 5.10 Å². The number of ether oxygens (including phenoxy) is 2. The Kier molecular flexibility index (Phi) is 5.51. The number of carbonyl (C=O) groups excluding carboxylic acids is 1. The molecular formula is C14H11Cl3N2O4. The molecule has 1 aromatic heterocycles. The van der Waals surface area contributed by atoms with E-state index in [4.69, 9.17) is 44.3 Å². The molecule has 0 fully saturated rings. The largest absolute Gasteiger partial charge is 0.482 e. The van der Waals surface area contributed by atoms with Crippen molar-refractivity contribution in [1.82, 2.24) is 9.78 Å². The van der Waals surface area contributed by atoms with Crippen LogP contribution in [0.4, 0.5) is 0 Å². The summed E-state index contributed by atoms with van der Waals surface area (Å²) in [5.41, 5.74) is 0.177. The zero-order valence-electron chi connectivity index (χ0n) is 12.1. The molecule has 1 heterocycles. The quantitative estimate of drug-likeness (QED) is 0.766. The van der Waals surface area contributed by atoms with Crippen LogP contribution >= 0.6 is 34.8 Å². The summed E-state index contributed by atoms with van der Waals surface area (Å²) in [6, 6.07) is 4.98. The molecule has 23 heavy (non-hydrogen) atoms. The zero-order valence-corrected chi connectivity index (χ0v) is 14.4. The first-order chi connectivity index (χ1) is 10.8. The lowest BCUT2D eigenvalue weighted by Gasteiger charge is -2.10. The van der Waals surface area contributed by atoms with E-state index in [9.17, 15) is 9.59 Å². The van der Waals surface area contributed by atoms with Gasteiger partial charge in [-0.15, -0.1) is 5.10 Å². The molecule has 6 nitrogen and oxygen atoms in total. The molecular weight excluding hydrogens is 367 g/mol. The summed E-state index contributed by atoms with van der Waals surface area (Å²) >= 11 is 17.4. The zero-order chi connectivity index (χ0) is 17.1. The van der Waals surface area contributed by atoms with Crippen molar-refractivity contribution in [3.8, 4) is 11.6 Å². The van der Waals surface area contributed by atoms with E-state index in [0.717, 1.165) is 10.2 Å². The molecule has 0 N–H and O–H groups in total. The average molecular weight is 378 g/mol. The molecule has 0 bridgehead atoms. The van der Waals surface area contributed by atoms with Crippen LogP contribution in [0, 0.1) is 6.92 Å². The van der Waals surface area contributed by atoms with Crippen LogP contribution in [0.1, 0.15) is 5.56 Å². The second-order valence-electron chi connectivity index (χ2n) is 4.53. The van der Waals surface area contributed by atoms with Crippen LogP contribution in [0.15, 0.2) is 23.0 Å². The third-order valence-electron chi connectivity index (χ3n) is 2.80. The lowest BCUT2D eigenvalue weighted by Crippen LogP contribution is -2.24. The standard InChI is InChI=1S/C14H11Cl3N2O4/c1-7-5-8(15)3-4-9(7)22-6-10(20)23-13-11(16)12(17)14(21)19(2)18-13/h3-5H,6H2,1-2H3. The van der Waals surface area contributed by atoms with E-state index in [1.165, 1.54) is 7.05 Å². The van der Waals surface area contributed by atoms with Gasteiger partial charge >= 0.3 is 5.97 Å². The lowest BCUT2D eigenvalue weighted by molar-refractivity contribution is -0.136. The number of halogens is 3. The van der Waals surface area contributed by atoms with E-state index in [1.54, 1.807) is 25.1 Å². The second kappa shape index (κ2) is 7.21. The second-order valence-corrected chi connectivity index (χ2v) is 5.73. The monoisotopic (exact) mass is 376 g/mol. The fourth-order valence-corrected chi connectivity index (χ4v) is 2.26. The maximum Gasteiger partial charge on any atom is 0.350 e. The van der Waals surface area contributed by atoms with Gasteiger partial charge in [-0.2, -0.15) is 0 Å². The van der Waals surface area contributed by atoms with Gasteiger partial charge in [-0.05, 0) is 30.7 Å². The number of aryl methyl sites for hydroxylation is 2. The molecule has 9 heteroatoms. The van der Waals surface area contributed by atoms with E-state index in [0.29, 0.717) is 10.8 Å². The lowest BCUT2D eigenvalue weighted by atomic mass is 10.2. The summed E-state index contributed by atoms with van der Waals surface area (Å²) in [6.07, 6.45) is 0. The SMILES string of the molecule is Cc1cc(Cl)ccc1OCC(=O)Oc1nn(C)c(=O)c(Cl)c1Cl. The van der Waals surface area contributed by atoms with Gasteiger partial charge in [-0.25, -0.2) is 9.48 Å². The van der Waals surface area contributed by atoms with Gasteiger partial charge in [-0.1, -0.05) is 34.8 Å². The Morgan fingerprint density at radius 2 is 1.96 bits per heavy atom. The van der Waals surface area contributed by atoms with Gasteiger partial charge < -0.3 is 9.47 Å². The number of nitrogens with zero attached hydrogens (tertiary/aromatic N) is 2. The van der Waals surface area contributed by atoms with E-state index in [-0.39, 0.29) is 22.5 Å². The minimum atomic E-state index is -0.747. The summed E-state index contributed by atoms with van der Waals surface area (Å²) in [4.78, 5) is 23.3. The van der Waals surface area contributed by atoms with Crippen LogP contribution in [0.2, 0.25) is 15.1 Å². The van der Waals surface area contributed by atoms with Crippen molar-refractivity contribution >= 4 is 40.8 Å². The molecule has 0 aliphatic carbocycles. The van der Waals surface area contributed by atoms with Gasteiger partial charge in [0.25, 0.3) is 11.4 Å². The number of aromatic nitrogens is 2. The van der Waals surface area contributed by atoms with Crippen LogP contribution < -0.4 is 15.0 Å². The number of benzene rings is 1. The number of rotatable bonds is 4. The Morgan fingerprint density at radius 1 is 1.26 bits per heavy atom. The molecule has 0 spiro atoms. The van der Waals surface area contributed by atoms with Crippen LogP contribution in [0.3, 0.4) is 0 Å².